The number of nitrogens with zero attached hydrogens (tertiary/aromatic N) is 3. The lowest BCUT2D eigenvalue weighted by molar-refractivity contribution is 0.626. The number of pyridine rings is 1. The van der Waals surface area contributed by atoms with Gasteiger partial charge in [-0.05, 0) is 53.1 Å². The predicted molar refractivity (Wildman–Crippen MR) is 114 cm³/mol. The Hall–Kier alpha value is -3.79. The maximum absolute atomic E-state index is 13.3. The fourth-order valence-electron chi connectivity index (χ4n) is 3.58. The monoisotopic (exact) mass is 379 g/mol. The van der Waals surface area contributed by atoms with Crippen molar-refractivity contribution >= 4 is 11.0 Å². The number of rotatable bonds is 4. The summed E-state index contributed by atoms with van der Waals surface area (Å²) in [5.74, 6) is 0.674. The van der Waals surface area contributed by atoms with Crippen molar-refractivity contribution in [2.45, 2.75) is 6.54 Å². The largest absolute Gasteiger partial charge is 0.319 e. The van der Waals surface area contributed by atoms with Crippen LogP contribution in [0.2, 0.25) is 0 Å². The molecule has 0 aliphatic rings. The van der Waals surface area contributed by atoms with Crippen molar-refractivity contribution in [2.24, 2.45) is 0 Å². The summed E-state index contributed by atoms with van der Waals surface area (Å²) in [5.41, 5.74) is 6.35. The number of hydrogen-bond acceptors (Lipinski definition) is 2. The Kier molecular flexibility index (Phi) is 4.37. The van der Waals surface area contributed by atoms with Gasteiger partial charge < -0.3 is 4.57 Å². The van der Waals surface area contributed by atoms with Crippen molar-refractivity contribution in [2.75, 3.05) is 0 Å². The summed E-state index contributed by atoms with van der Waals surface area (Å²) in [6.45, 7) is 0.627. The molecule has 0 bridgehead atoms. The molecule has 0 N–H and O–H groups in total. The highest BCUT2D eigenvalue weighted by atomic mass is 19.1. The molecule has 3 aromatic carbocycles. The first-order valence-electron chi connectivity index (χ1n) is 9.48. The number of halogens is 1. The Bertz CT molecular complexity index is 1260. The SMILES string of the molecule is Fc1ccc(Cn2c(-c3ccc(-c4ccncc4)cc3)nc3ccccc32)cc1. The van der Waals surface area contributed by atoms with E-state index in [1.165, 1.54) is 12.1 Å². The topological polar surface area (TPSA) is 30.7 Å². The van der Waals surface area contributed by atoms with E-state index in [2.05, 4.69) is 39.9 Å². The van der Waals surface area contributed by atoms with Crippen LogP contribution in [0.15, 0.2) is 97.3 Å². The third-order valence-electron chi connectivity index (χ3n) is 5.07. The van der Waals surface area contributed by atoms with Gasteiger partial charge in [-0.15, -0.1) is 0 Å². The fourth-order valence-corrected chi connectivity index (χ4v) is 3.58. The van der Waals surface area contributed by atoms with E-state index < -0.39 is 0 Å². The third-order valence-corrected chi connectivity index (χ3v) is 5.07. The van der Waals surface area contributed by atoms with Crippen molar-refractivity contribution in [1.29, 1.82) is 0 Å². The first-order valence-corrected chi connectivity index (χ1v) is 9.48. The molecule has 0 spiro atoms. The normalized spacial score (nSPS) is 11.1. The summed E-state index contributed by atoms with van der Waals surface area (Å²) in [7, 11) is 0. The van der Waals surface area contributed by atoms with E-state index in [-0.39, 0.29) is 5.82 Å². The molecule has 0 aliphatic heterocycles. The number of benzene rings is 3. The minimum atomic E-state index is -0.226. The van der Waals surface area contributed by atoms with Crippen LogP contribution in [0.1, 0.15) is 5.56 Å². The standard InChI is InChI=1S/C25H18FN3/c26-22-11-5-18(6-12-22)17-29-24-4-2-1-3-23(24)28-25(29)21-9-7-19(8-10-21)20-13-15-27-16-14-20/h1-16H,17H2. The van der Waals surface area contributed by atoms with E-state index in [1.807, 2.05) is 42.5 Å². The van der Waals surface area contributed by atoms with E-state index >= 15 is 0 Å². The molecule has 140 valence electrons. The number of fused-ring (bicyclic) bond motifs is 1. The second-order valence-corrected chi connectivity index (χ2v) is 6.95. The Morgan fingerprint density at radius 3 is 2.10 bits per heavy atom. The highest BCUT2D eigenvalue weighted by Crippen LogP contribution is 2.28. The first kappa shape index (κ1) is 17.3. The Labute approximate surface area is 168 Å². The first-order chi connectivity index (χ1) is 14.3. The summed E-state index contributed by atoms with van der Waals surface area (Å²) < 4.78 is 15.5. The zero-order chi connectivity index (χ0) is 19.6. The second-order valence-electron chi connectivity index (χ2n) is 6.95. The zero-order valence-corrected chi connectivity index (χ0v) is 15.7. The quantitative estimate of drug-likeness (QED) is 0.386. The Balaban J connectivity index is 1.58. The molecule has 0 unspecified atom stereocenters. The van der Waals surface area contributed by atoms with Crippen LogP contribution in [-0.2, 0) is 6.54 Å². The lowest BCUT2D eigenvalue weighted by Crippen LogP contribution is -2.02. The molecule has 0 radical (unpaired) electrons. The number of hydrogen-bond donors (Lipinski definition) is 0. The van der Waals surface area contributed by atoms with E-state index in [9.17, 15) is 4.39 Å². The minimum Gasteiger partial charge on any atom is -0.319 e. The summed E-state index contributed by atoms with van der Waals surface area (Å²) in [6.07, 6.45) is 3.59. The van der Waals surface area contributed by atoms with E-state index in [4.69, 9.17) is 4.98 Å². The molecule has 0 saturated heterocycles. The molecule has 4 heteroatoms. The third kappa shape index (κ3) is 3.41. The van der Waals surface area contributed by atoms with Crippen LogP contribution >= 0.6 is 0 Å². The summed E-state index contributed by atoms with van der Waals surface area (Å²) in [4.78, 5) is 8.96. The molecule has 2 heterocycles. The van der Waals surface area contributed by atoms with Crippen molar-refractivity contribution < 1.29 is 4.39 Å². The molecule has 0 fully saturated rings. The second kappa shape index (κ2) is 7.32. The molecule has 5 aromatic rings. The van der Waals surface area contributed by atoms with Crippen LogP contribution in [0.4, 0.5) is 4.39 Å². The molecule has 0 atom stereocenters. The zero-order valence-electron chi connectivity index (χ0n) is 15.7. The van der Waals surface area contributed by atoms with Gasteiger partial charge in [0, 0.05) is 24.5 Å². The maximum atomic E-state index is 13.3. The molecular weight excluding hydrogens is 361 g/mol. The average molecular weight is 379 g/mol. The van der Waals surface area contributed by atoms with Gasteiger partial charge in [0.2, 0.25) is 0 Å². The lowest BCUT2D eigenvalue weighted by atomic mass is 10.0. The maximum Gasteiger partial charge on any atom is 0.141 e. The summed E-state index contributed by atoms with van der Waals surface area (Å²) >= 11 is 0. The summed E-state index contributed by atoms with van der Waals surface area (Å²) in [6, 6.07) is 27.1. The van der Waals surface area contributed by atoms with Gasteiger partial charge in [-0.2, -0.15) is 0 Å². The number of aromatic nitrogens is 3. The highest BCUT2D eigenvalue weighted by Gasteiger charge is 2.13. The van der Waals surface area contributed by atoms with Gasteiger partial charge in [-0.3, -0.25) is 4.98 Å². The number of para-hydroxylation sites is 2. The van der Waals surface area contributed by atoms with Gasteiger partial charge in [0.25, 0.3) is 0 Å². The molecular formula is C25H18FN3. The molecule has 0 amide bonds. The average Bonchev–Trinajstić information content (AvgIpc) is 3.14. The van der Waals surface area contributed by atoms with Crippen LogP contribution in [0.25, 0.3) is 33.5 Å². The molecule has 2 aromatic heterocycles. The fraction of sp³-hybridized carbons (Fsp3) is 0.0400. The van der Waals surface area contributed by atoms with Crippen LogP contribution in [0, 0.1) is 5.82 Å². The van der Waals surface area contributed by atoms with E-state index in [1.54, 1.807) is 12.4 Å². The van der Waals surface area contributed by atoms with Crippen molar-refractivity contribution in [3.8, 4) is 22.5 Å². The Morgan fingerprint density at radius 1 is 0.690 bits per heavy atom. The van der Waals surface area contributed by atoms with Crippen molar-refractivity contribution in [1.82, 2.24) is 14.5 Å². The number of imidazole rings is 1. The van der Waals surface area contributed by atoms with E-state index in [0.29, 0.717) is 6.54 Å². The molecule has 29 heavy (non-hydrogen) atoms. The lowest BCUT2D eigenvalue weighted by Gasteiger charge is -2.10. The van der Waals surface area contributed by atoms with Crippen LogP contribution in [-0.4, -0.2) is 14.5 Å². The molecule has 3 nitrogen and oxygen atoms in total. The van der Waals surface area contributed by atoms with Gasteiger partial charge in [0.15, 0.2) is 0 Å². The smallest absolute Gasteiger partial charge is 0.141 e. The van der Waals surface area contributed by atoms with Gasteiger partial charge in [-0.25, -0.2) is 9.37 Å². The van der Waals surface area contributed by atoms with E-state index in [0.717, 1.165) is 39.1 Å². The predicted octanol–water partition coefficient (Wildman–Crippen LogP) is 5.95. The molecule has 5 rings (SSSR count). The minimum absolute atomic E-state index is 0.226. The van der Waals surface area contributed by atoms with Crippen molar-refractivity contribution in [3.05, 3.63) is 109 Å². The van der Waals surface area contributed by atoms with Gasteiger partial charge >= 0.3 is 0 Å². The van der Waals surface area contributed by atoms with Crippen molar-refractivity contribution in [3.63, 3.8) is 0 Å². The Morgan fingerprint density at radius 2 is 1.34 bits per heavy atom. The highest BCUT2D eigenvalue weighted by molar-refractivity contribution is 5.81. The van der Waals surface area contributed by atoms with Gasteiger partial charge in [0.1, 0.15) is 11.6 Å². The molecule has 0 saturated carbocycles. The van der Waals surface area contributed by atoms with Crippen LogP contribution in [0.3, 0.4) is 0 Å². The van der Waals surface area contributed by atoms with Crippen LogP contribution in [0.5, 0.6) is 0 Å². The van der Waals surface area contributed by atoms with Gasteiger partial charge in [0.05, 0.1) is 11.0 Å². The van der Waals surface area contributed by atoms with Crippen LogP contribution < -0.4 is 0 Å². The summed E-state index contributed by atoms with van der Waals surface area (Å²) in [5, 5.41) is 0. The molecule has 0 aliphatic carbocycles. The van der Waals surface area contributed by atoms with Gasteiger partial charge in [-0.1, -0.05) is 48.5 Å².